The average molecular weight is 313 g/mol. The van der Waals surface area contributed by atoms with E-state index in [1.165, 1.54) is 23.1 Å². The summed E-state index contributed by atoms with van der Waals surface area (Å²) < 4.78 is 0.832. The number of nitrogens with zero attached hydrogens (tertiary/aromatic N) is 2. The van der Waals surface area contributed by atoms with E-state index in [4.69, 9.17) is 5.73 Å². The zero-order valence-corrected chi connectivity index (χ0v) is 13.4. The van der Waals surface area contributed by atoms with Crippen LogP contribution in [0.1, 0.15) is 30.3 Å². The standard InChI is InChI=1S/C13H19N3O2S2/c1-3-16(9-4-5-9)12(18)7-19-13-15-8(2)10(20-13)6-11(14)17/h9H,3-7H2,1-2H3,(H2,14,17). The van der Waals surface area contributed by atoms with Crippen molar-refractivity contribution >= 4 is 34.9 Å². The fourth-order valence-electron chi connectivity index (χ4n) is 2.02. The van der Waals surface area contributed by atoms with Gasteiger partial charge in [0.1, 0.15) is 0 Å². The molecule has 1 aromatic heterocycles. The summed E-state index contributed by atoms with van der Waals surface area (Å²) in [5.41, 5.74) is 6.03. The fraction of sp³-hybridized carbons (Fsp3) is 0.615. The molecule has 0 radical (unpaired) electrons. The molecule has 2 rings (SSSR count). The van der Waals surface area contributed by atoms with E-state index in [1.54, 1.807) is 0 Å². The maximum Gasteiger partial charge on any atom is 0.233 e. The van der Waals surface area contributed by atoms with Gasteiger partial charge < -0.3 is 10.6 Å². The van der Waals surface area contributed by atoms with Crippen molar-refractivity contribution in [2.75, 3.05) is 12.3 Å². The van der Waals surface area contributed by atoms with E-state index in [-0.39, 0.29) is 18.2 Å². The summed E-state index contributed by atoms with van der Waals surface area (Å²) in [6.07, 6.45) is 2.48. The van der Waals surface area contributed by atoms with Crippen LogP contribution < -0.4 is 5.73 Å². The number of aryl methyl sites for hydroxylation is 1. The van der Waals surface area contributed by atoms with Crippen molar-refractivity contribution in [1.29, 1.82) is 0 Å². The van der Waals surface area contributed by atoms with Gasteiger partial charge in [0.2, 0.25) is 11.8 Å². The Bertz CT molecular complexity index is 512. The van der Waals surface area contributed by atoms with Crippen LogP contribution in [0.2, 0.25) is 0 Å². The molecule has 0 atom stereocenters. The molecule has 110 valence electrons. The normalized spacial score (nSPS) is 14.3. The van der Waals surface area contributed by atoms with Crippen LogP contribution in [-0.2, 0) is 16.0 Å². The summed E-state index contributed by atoms with van der Waals surface area (Å²) in [7, 11) is 0. The van der Waals surface area contributed by atoms with Crippen LogP contribution in [0.15, 0.2) is 4.34 Å². The number of aromatic nitrogens is 1. The van der Waals surface area contributed by atoms with Gasteiger partial charge in [-0.1, -0.05) is 11.8 Å². The molecule has 0 bridgehead atoms. The molecule has 1 heterocycles. The first-order valence-electron chi connectivity index (χ1n) is 6.68. The average Bonchev–Trinajstić information content (AvgIpc) is 3.14. The smallest absolute Gasteiger partial charge is 0.233 e. The second kappa shape index (κ2) is 6.58. The molecule has 1 aromatic rings. The molecule has 0 aliphatic heterocycles. The Morgan fingerprint density at radius 3 is 2.75 bits per heavy atom. The van der Waals surface area contributed by atoms with Crippen molar-refractivity contribution < 1.29 is 9.59 Å². The van der Waals surface area contributed by atoms with Crippen molar-refractivity contribution in [3.8, 4) is 0 Å². The van der Waals surface area contributed by atoms with E-state index in [1.807, 2.05) is 18.7 Å². The molecule has 7 heteroatoms. The van der Waals surface area contributed by atoms with E-state index >= 15 is 0 Å². The molecule has 0 saturated heterocycles. The molecule has 0 aromatic carbocycles. The van der Waals surface area contributed by atoms with Gasteiger partial charge in [0.05, 0.1) is 17.9 Å². The Balaban J connectivity index is 1.90. The molecule has 20 heavy (non-hydrogen) atoms. The zero-order valence-electron chi connectivity index (χ0n) is 11.7. The Morgan fingerprint density at radius 2 is 2.20 bits per heavy atom. The lowest BCUT2D eigenvalue weighted by Crippen LogP contribution is -2.34. The number of thioether (sulfide) groups is 1. The minimum Gasteiger partial charge on any atom is -0.369 e. The lowest BCUT2D eigenvalue weighted by atomic mass is 10.3. The first kappa shape index (κ1) is 15.3. The number of thiazole rings is 1. The van der Waals surface area contributed by atoms with Crippen molar-refractivity contribution in [3.05, 3.63) is 10.6 Å². The number of amides is 2. The first-order valence-corrected chi connectivity index (χ1v) is 8.48. The summed E-state index contributed by atoms with van der Waals surface area (Å²) in [5.74, 6) is 0.229. The van der Waals surface area contributed by atoms with E-state index < -0.39 is 0 Å². The second-order valence-electron chi connectivity index (χ2n) is 4.83. The van der Waals surface area contributed by atoms with Crippen molar-refractivity contribution in [1.82, 2.24) is 9.88 Å². The third kappa shape index (κ3) is 3.96. The lowest BCUT2D eigenvalue weighted by Gasteiger charge is -2.19. The molecular weight excluding hydrogens is 294 g/mol. The number of hydrogen-bond donors (Lipinski definition) is 1. The molecule has 1 aliphatic carbocycles. The number of hydrogen-bond acceptors (Lipinski definition) is 5. The Morgan fingerprint density at radius 1 is 1.50 bits per heavy atom. The second-order valence-corrected chi connectivity index (χ2v) is 7.14. The molecule has 1 aliphatic rings. The van der Waals surface area contributed by atoms with Crippen LogP contribution in [0.5, 0.6) is 0 Å². The van der Waals surface area contributed by atoms with E-state index in [9.17, 15) is 9.59 Å². The molecule has 1 saturated carbocycles. The molecule has 0 unspecified atom stereocenters. The molecule has 2 N–H and O–H groups in total. The van der Waals surface area contributed by atoms with Crippen molar-refractivity contribution in [3.63, 3.8) is 0 Å². The number of primary amides is 1. The third-order valence-electron chi connectivity index (χ3n) is 3.18. The van der Waals surface area contributed by atoms with Gasteiger partial charge in [-0.3, -0.25) is 9.59 Å². The molecule has 5 nitrogen and oxygen atoms in total. The SMILES string of the molecule is CCN(C(=O)CSc1nc(C)c(CC(N)=O)s1)C1CC1. The van der Waals surface area contributed by atoms with Gasteiger partial charge in [0.15, 0.2) is 4.34 Å². The monoisotopic (exact) mass is 313 g/mol. The minimum atomic E-state index is -0.352. The molecule has 0 spiro atoms. The minimum absolute atomic E-state index is 0.171. The van der Waals surface area contributed by atoms with Crippen LogP contribution in [0.4, 0.5) is 0 Å². The number of nitrogens with two attached hydrogens (primary N) is 1. The third-order valence-corrected chi connectivity index (χ3v) is 5.46. The van der Waals surface area contributed by atoms with Gasteiger partial charge >= 0.3 is 0 Å². The van der Waals surface area contributed by atoms with Gasteiger partial charge in [0.25, 0.3) is 0 Å². The highest BCUT2D eigenvalue weighted by molar-refractivity contribution is 8.01. The highest BCUT2D eigenvalue weighted by Gasteiger charge is 2.31. The molecule has 2 amide bonds. The topological polar surface area (TPSA) is 76.3 Å². The zero-order chi connectivity index (χ0) is 14.7. The molecular formula is C13H19N3O2S2. The van der Waals surface area contributed by atoms with E-state index in [2.05, 4.69) is 4.98 Å². The predicted octanol–water partition coefficient (Wildman–Crippen LogP) is 1.58. The van der Waals surface area contributed by atoms with E-state index in [0.29, 0.717) is 11.8 Å². The van der Waals surface area contributed by atoms with Gasteiger partial charge in [0, 0.05) is 17.5 Å². The summed E-state index contributed by atoms with van der Waals surface area (Å²) in [4.78, 5) is 30.3. The summed E-state index contributed by atoms with van der Waals surface area (Å²) in [6.45, 7) is 4.65. The van der Waals surface area contributed by atoms with Crippen LogP contribution in [0.3, 0.4) is 0 Å². The van der Waals surface area contributed by atoms with Crippen LogP contribution in [0.25, 0.3) is 0 Å². The Labute approximate surface area is 126 Å². The van der Waals surface area contributed by atoms with Crippen molar-refractivity contribution in [2.24, 2.45) is 5.73 Å². The summed E-state index contributed by atoms with van der Waals surface area (Å²) in [6, 6.07) is 0.455. The largest absolute Gasteiger partial charge is 0.369 e. The maximum atomic E-state index is 12.1. The Kier molecular flexibility index (Phi) is 5.04. The highest BCUT2D eigenvalue weighted by Crippen LogP contribution is 2.30. The van der Waals surface area contributed by atoms with E-state index in [0.717, 1.165) is 34.3 Å². The fourth-order valence-corrected chi connectivity index (χ4v) is 4.15. The number of rotatable bonds is 7. The summed E-state index contributed by atoms with van der Waals surface area (Å²) >= 11 is 2.90. The van der Waals surface area contributed by atoms with Crippen LogP contribution in [0, 0.1) is 6.92 Å². The van der Waals surface area contributed by atoms with Crippen molar-refractivity contribution in [2.45, 2.75) is 43.5 Å². The van der Waals surface area contributed by atoms with Gasteiger partial charge in [-0.25, -0.2) is 4.98 Å². The molecule has 1 fully saturated rings. The number of carbonyl (C=O) groups is 2. The van der Waals surface area contributed by atoms with Gasteiger partial charge in [-0.2, -0.15) is 0 Å². The van der Waals surface area contributed by atoms with Crippen LogP contribution >= 0.6 is 23.1 Å². The Hall–Kier alpha value is -1.08. The summed E-state index contributed by atoms with van der Waals surface area (Å²) in [5, 5.41) is 0. The maximum absolute atomic E-state index is 12.1. The lowest BCUT2D eigenvalue weighted by molar-refractivity contribution is -0.128. The van der Waals surface area contributed by atoms with Gasteiger partial charge in [-0.15, -0.1) is 11.3 Å². The first-order chi connectivity index (χ1) is 9.51. The number of carbonyl (C=O) groups excluding carboxylic acids is 2. The highest BCUT2D eigenvalue weighted by atomic mass is 32.2. The van der Waals surface area contributed by atoms with Gasteiger partial charge in [-0.05, 0) is 26.7 Å². The van der Waals surface area contributed by atoms with Crippen LogP contribution in [-0.4, -0.2) is 40.0 Å². The quantitative estimate of drug-likeness (QED) is 0.775. The predicted molar refractivity (Wildman–Crippen MR) is 80.9 cm³/mol.